The van der Waals surface area contributed by atoms with E-state index in [-0.39, 0.29) is 6.61 Å². The molecule has 3 aromatic rings. The Morgan fingerprint density at radius 1 is 1.21 bits per heavy atom. The molecule has 3 rings (SSSR count). The number of hydrogen-bond donors (Lipinski definition) is 0. The van der Waals surface area contributed by atoms with Crippen molar-refractivity contribution in [3.05, 3.63) is 53.2 Å². The molecule has 0 saturated carbocycles. The van der Waals surface area contributed by atoms with Crippen molar-refractivity contribution >= 4 is 11.3 Å². The van der Waals surface area contributed by atoms with Crippen molar-refractivity contribution in [2.24, 2.45) is 0 Å². The summed E-state index contributed by atoms with van der Waals surface area (Å²) in [6, 6.07) is 11.8. The van der Waals surface area contributed by atoms with E-state index in [9.17, 15) is 0 Å². The summed E-state index contributed by atoms with van der Waals surface area (Å²) >= 11 is 1.58. The van der Waals surface area contributed by atoms with E-state index in [1.807, 2.05) is 48.7 Å². The molecule has 0 aliphatic heterocycles. The fraction of sp³-hybridized carbons (Fsp3) is 0.143. The molecule has 0 aliphatic carbocycles. The van der Waals surface area contributed by atoms with Crippen LogP contribution in [0.3, 0.4) is 0 Å². The van der Waals surface area contributed by atoms with E-state index in [1.165, 1.54) is 5.56 Å². The third kappa shape index (κ3) is 2.82. The number of rotatable bonds is 4. The highest BCUT2D eigenvalue weighted by molar-refractivity contribution is 7.13. The fourth-order valence-corrected chi connectivity index (χ4v) is 2.25. The summed E-state index contributed by atoms with van der Waals surface area (Å²) in [5, 5.41) is 5.91. The van der Waals surface area contributed by atoms with E-state index in [0.29, 0.717) is 11.7 Å². The molecule has 4 nitrogen and oxygen atoms in total. The van der Waals surface area contributed by atoms with Crippen LogP contribution in [0.5, 0.6) is 5.75 Å². The topological polar surface area (TPSA) is 48.2 Å². The highest BCUT2D eigenvalue weighted by atomic mass is 32.1. The van der Waals surface area contributed by atoms with Crippen molar-refractivity contribution in [3.8, 4) is 16.5 Å². The molecule has 2 heterocycles. The maximum absolute atomic E-state index is 5.58. The van der Waals surface area contributed by atoms with Crippen LogP contribution < -0.4 is 4.74 Å². The van der Waals surface area contributed by atoms with Crippen LogP contribution in [0.15, 0.2) is 46.3 Å². The van der Waals surface area contributed by atoms with Crippen molar-refractivity contribution in [2.75, 3.05) is 0 Å². The van der Waals surface area contributed by atoms with E-state index in [0.717, 1.165) is 10.6 Å². The molecule has 0 N–H and O–H groups in total. The number of hydrogen-bond acceptors (Lipinski definition) is 5. The van der Waals surface area contributed by atoms with E-state index < -0.39 is 0 Å². The van der Waals surface area contributed by atoms with Crippen molar-refractivity contribution in [3.63, 3.8) is 0 Å². The Morgan fingerprint density at radius 3 is 2.79 bits per heavy atom. The van der Waals surface area contributed by atoms with Gasteiger partial charge < -0.3 is 9.26 Å². The first-order valence-electron chi connectivity index (χ1n) is 5.87. The van der Waals surface area contributed by atoms with Crippen LogP contribution in [0.4, 0.5) is 0 Å². The van der Waals surface area contributed by atoms with E-state index in [1.54, 1.807) is 11.3 Å². The first-order valence-corrected chi connectivity index (χ1v) is 6.75. The van der Waals surface area contributed by atoms with Crippen molar-refractivity contribution in [1.82, 2.24) is 10.1 Å². The minimum Gasteiger partial charge on any atom is -0.484 e. The molecular formula is C14H12N2O2S. The lowest BCUT2D eigenvalue weighted by molar-refractivity contribution is 0.243. The first-order chi connectivity index (χ1) is 9.31. The van der Waals surface area contributed by atoms with Gasteiger partial charge in [0.15, 0.2) is 6.61 Å². The van der Waals surface area contributed by atoms with Crippen LogP contribution in [-0.2, 0) is 6.61 Å². The van der Waals surface area contributed by atoms with Gasteiger partial charge >= 0.3 is 0 Å². The Hall–Kier alpha value is -2.14. The second-order valence-corrected chi connectivity index (χ2v) is 5.04. The summed E-state index contributed by atoms with van der Waals surface area (Å²) < 4.78 is 10.7. The van der Waals surface area contributed by atoms with Gasteiger partial charge in [0.05, 0.1) is 4.88 Å². The van der Waals surface area contributed by atoms with Gasteiger partial charge in [-0.15, -0.1) is 11.3 Å². The summed E-state index contributed by atoms with van der Waals surface area (Å²) in [6.45, 7) is 2.32. The van der Waals surface area contributed by atoms with Crippen molar-refractivity contribution in [2.45, 2.75) is 13.5 Å². The molecule has 2 aromatic heterocycles. The SMILES string of the molecule is Cc1ccc(OCc2nc(-c3cccs3)no2)cc1. The zero-order valence-corrected chi connectivity index (χ0v) is 11.2. The Balaban J connectivity index is 1.66. The molecule has 0 spiro atoms. The molecule has 0 atom stereocenters. The number of aromatic nitrogens is 2. The van der Waals surface area contributed by atoms with Gasteiger partial charge in [-0.05, 0) is 30.5 Å². The number of thiophene rings is 1. The van der Waals surface area contributed by atoms with E-state index in [4.69, 9.17) is 9.26 Å². The van der Waals surface area contributed by atoms with Crippen LogP contribution in [-0.4, -0.2) is 10.1 Å². The standard InChI is InChI=1S/C14H12N2O2S/c1-10-4-6-11(7-5-10)17-9-13-15-14(16-18-13)12-3-2-8-19-12/h2-8H,9H2,1H3. The van der Waals surface area contributed by atoms with Gasteiger partial charge in [0.2, 0.25) is 5.82 Å². The molecule has 19 heavy (non-hydrogen) atoms. The van der Waals surface area contributed by atoms with Gasteiger partial charge in [0.1, 0.15) is 5.75 Å². The molecule has 5 heteroatoms. The molecular weight excluding hydrogens is 260 g/mol. The number of nitrogens with zero attached hydrogens (tertiary/aromatic N) is 2. The monoisotopic (exact) mass is 272 g/mol. The van der Waals surface area contributed by atoms with Gasteiger partial charge in [-0.25, -0.2) is 0 Å². The lowest BCUT2D eigenvalue weighted by atomic mass is 10.2. The van der Waals surface area contributed by atoms with Crippen LogP contribution in [0, 0.1) is 6.92 Å². The van der Waals surface area contributed by atoms with Crippen molar-refractivity contribution < 1.29 is 9.26 Å². The number of benzene rings is 1. The molecule has 0 saturated heterocycles. The Morgan fingerprint density at radius 2 is 2.05 bits per heavy atom. The highest BCUT2D eigenvalue weighted by Gasteiger charge is 2.09. The molecule has 0 amide bonds. The minimum atomic E-state index is 0.279. The zero-order chi connectivity index (χ0) is 13.1. The van der Waals surface area contributed by atoms with Crippen LogP contribution in [0.25, 0.3) is 10.7 Å². The summed E-state index contributed by atoms with van der Waals surface area (Å²) in [5.74, 6) is 1.88. The predicted octanol–water partition coefficient (Wildman–Crippen LogP) is 3.69. The van der Waals surface area contributed by atoms with Gasteiger partial charge in [-0.3, -0.25) is 0 Å². The van der Waals surface area contributed by atoms with Crippen LogP contribution >= 0.6 is 11.3 Å². The second kappa shape index (κ2) is 5.24. The van der Waals surface area contributed by atoms with Gasteiger partial charge in [0.25, 0.3) is 5.89 Å². The summed E-state index contributed by atoms with van der Waals surface area (Å²) in [5.41, 5.74) is 1.20. The Labute approximate surface area is 114 Å². The molecule has 0 bridgehead atoms. The maximum Gasteiger partial charge on any atom is 0.264 e. The van der Waals surface area contributed by atoms with Crippen LogP contribution in [0.1, 0.15) is 11.5 Å². The molecule has 0 radical (unpaired) electrons. The smallest absolute Gasteiger partial charge is 0.264 e. The first kappa shape index (κ1) is 11.9. The van der Waals surface area contributed by atoms with E-state index in [2.05, 4.69) is 10.1 Å². The lowest BCUT2D eigenvalue weighted by Gasteiger charge is -2.02. The maximum atomic E-state index is 5.58. The molecule has 1 aromatic carbocycles. The minimum absolute atomic E-state index is 0.279. The average Bonchev–Trinajstić information content (AvgIpc) is 3.09. The number of ether oxygens (including phenoxy) is 1. The Bertz CT molecular complexity index is 644. The van der Waals surface area contributed by atoms with Gasteiger partial charge in [-0.2, -0.15) is 4.98 Å². The van der Waals surface area contributed by atoms with E-state index >= 15 is 0 Å². The summed E-state index contributed by atoms with van der Waals surface area (Å²) in [7, 11) is 0. The van der Waals surface area contributed by atoms with Gasteiger partial charge in [0, 0.05) is 0 Å². The molecule has 0 unspecified atom stereocenters. The van der Waals surface area contributed by atoms with Gasteiger partial charge in [-0.1, -0.05) is 28.9 Å². The summed E-state index contributed by atoms with van der Waals surface area (Å²) in [4.78, 5) is 5.28. The Kier molecular flexibility index (Phi) is 3.29. The predicted molar refractivity (Wildman–Crippen MR) is 73.1 cm³/mol. The molecule has 0 aliphatic rings. The van der Waals surface area contributed by atoms with Crippen molar-refractivity contribution in [1.29, 1.82) is 0 Å². The molecule has 96 valence electrons. The molecule has 0 fully saturated rings. The zero-order valence-electron chi connectivity index (χ0n) is 10.4. The third-order valence-electron chi connectivity index (χ3n) is 2.59. The second-order valence-electron chi connectivity index (χ2n) is 4.09. The number of aryl methyl sites for hydroxylation is 1. The fourth-order valence-electron chi connectivity index (χ4n) is 1.60. The highest BCUT2D eigenvalue weighted by Crippen LogP contribution is 2.21. The quantitative estimate of drug-likeness (QED) is 0.726. The van der Waals surface area contributed by atoms with Crippen LogP contribution in [0.2, 0.25) is 0 Å². The average molecular weight is 272 g/mol. The normalized spacial score (nSPS) is 10.6. The third-order valence-corrected chi connectivity index (χ3v) is 3.46. The largest absolute Gasteiger partial charge is 0.484 e. The summed E-state index contributed by atoms with van der Waals surface area (Å²) in [6.07, 6.45) is 0. The lowest BCUT2D eigenvalue weighted by Crippen LogP contribution is -1.95.